The maximum atomic E-state index is 12.0. The molecule has 0 aliphatic heterocycles. The van der Waals surface area contributed by atoms with Crippen molar-refractivity contribution >= 4 is 11.9 Å². The Hall–Kier alpha value is -4.40. The summed E-state index contributed by atoms with van der Waals surface area (Å²) in [7, 11) is 0. The smallest absolute Gasteiger partial charge is 0.333 e. The van der Waals surface area contributed by atoms with Crippen LogP contribution in [-0.4, -0.2) is 61.8 Å². The monoisotopic (exact) mass is 728 g/mol. The second-order valence-electron chi connectivity index (χ2n) is 13.7. The lowest BCUT2D eigenvalue weighted by molar-refractivity contribution is -0.140. The highest BCUT2D eigenvalue weighted by Crippen LogP contribution is 2.39. The summed E-state index contributed by atoms with van der Waals surface area (Å²) in [4.78, 5) is 24.0. The Balaban J connectivity index is 1.93. The Morgan fingerprint density at radius 3 is 1.75 bits per heavy atom. The minimum Gasteiger partial charge on any atom is -0.490 e. The molecule has 3 aromatic rings. The van der Waals surface area contributed by atoms with E-state index in [1.807, 2.05) is 12.1 Å². The topological polar surface area (TPSA) is 112 Å². The van der Waals surface area contributed by atoms with Gasteiger partial charge in [-0.05, 0) is 111 Å². The van der Waals surface area contributed by atoms with Crippen LogP contribution in [-0.2, 0) is 51.2 Å². The molecule has 0 spiro atoms. The number of hydrogen-bond donors (Lipinski definition) is 2. The number of aryl methyl sites for hydroxylation is 5. The number of rotatable bonds is 25. The summed E-state index contributed by atoms with van der Waals surface area (Å²) in [6.07, 6.45) is 9.43. The number of carbonyl (C=O) groups excluding carboxylic acids is 2. The van der Waals surface area contributed by atoms with Crippen molar-refractivity contribution in [3.05, 3.63) is 107 Å². The minimum absolute atomic E-state index is 0.0559. The summed E-state index contributed by atoms with van der Waals surface area (Å²) in [5.41, 5.74) is 8.48. The van der Waals surface area contributed by atoms with Crippen LogP contribution >= 0.6 is 0 Å². The van der Waals surface area contributed by atoms with E-state index < -0.39 is 11.9 Å². The van der Waals surface area contributed by atoms with E-state index in [4.69, 9.17) is 18.9 Å². The molecule has 0 fully saturated rings. The lowest BCUT2D eigenvalue weighted by Gasteiger charge is -2.20. The largest absolute Gasteiger partial charge is 0.490 e. The number of ether oxygens (including phenoxy) is 4. The molecule has 0 saturated carbocycles. The van der Waals surface area contributed by atoms with Crippen molar-refractivity contribution in [1.82, 2.24) is 0 Å². The molecule has 8 nitrogen and oxygen atoms in total. The Bertz CT molecular complexity index is 1620. The predicted octanol–water partition coefficient (Wildman–Crippen LogP) is 8.35. The van der Waals surface area contributed by atoms with Gasteiger partial charge >= 0.3 is 11.9 Å². The molecule has 0 saturated heterocycles. The van der Waals surface area contributed by atoms with Gasteiger partial charge in [0.2, 0.25) is 0 Å². The highest BCUT2D eigenvalue weighted by molar-refractivity contribution is 5.87. The van der Waals surface area contributed by atoms with Crippen molar-refractivity contribution in [2.75, 3.05) is 39.6 Å². The third-order valence-electron chi connectivity index (χ3n) is 9.22. The summed E-state index contributed by atoms with van der Waals surface area (Å²) in [5, 5.41) is 19.2. The van der Waals surface area contributed by atoms with Gasteiger partial charge in [-0.15, -0.1) is 0 Å². The van der Waals surface area contributed by atoms with Gasteiger partial charge in [-0.3, -0.25) is 0 Å². The molecule has 0 heterocycles. The zero-order valence-corrected chi connectivity index (χ0v) is 32.3. The molecule has 53 heavy (non-hydrogen) atoms. The molecular formula is C45H60O8. The Labute approximate surface area is 316 Å². The first kappa shape index (κ1) is 43.0. The van der Waals surface area contributed by atoms with E-state index in [1.165, 1.54) is 36.0 Å². The van der Waals surface area contributed by atoms with Gasteiger partial charge in [-0.25, -0.2) is 9.59 Å². The fourth-order valence-electron chi connectivity index (χ4n) is 6.00. The van der Waals surface area contributed by atoms with Gasteiger partial charge < -0.3 is 29.2 Å². The number of benzene rings is 3. The van der Waals surface area contributed by atoms with Crippen molar-refractivity contribution in [2.45, 2.75) is 91.9 Å². The van der Waals surface area contributed by atoms with Crippen molar-refractivity contribution < 1.29 is 38.7 Å². The first-order valence-electron chi connectivity index (χ1n) is 19.1. The van der Waals surface area contributed by atoms with Gasteiger partial charge in [0.05, 0.1) is 0 Å². The lowest BCUT2D eigenvalue weighted by Crippen LogP contribution is -2.14. The van der Waals surface area contributed by atoms with Crippen molar-refractivity contribution in [3.63, 3.8) is 0 Å². The van der Waals surface area contributed by atoms with E-state index in [-0.39, 0.29) is 45.6 Å². The van der Waals surface area contributed by atoms with Crippen molar-refractivity contribution in [2.24, 2.45) is 5.92 Å². The van der Waals surface area contributed by atoms with E-state index in [2.05, 4.69) is 69.5 Å². The molecule has 8 heteroatoms. The molecule has 3 rings (SSSR count). The summed E-state index contributed by atoms with van der Waals surface area (Å²) >= 11 is 0. The Morgan fingerprint density at radius 2 is 1.19 bits per heavy atom. The second kappa shape index (κ2) is 23.3. The highest BCUT2D eigenvalue weighted by Gasteiger charge is 2.18. The third-order valence-corrected chi connectivity index (χ3v) is 9.22. The van der Waals surface area contributed by atoms with Gasteiger partial charge in [0.1, 0.15) is 37.9 Å². The summed E-state index contributed by atoms with van der Waals surface area (Å²) in [6, 6.07) is 19.5. The van der Waals surface area contributed by atoms with Crippen molar-refractivity contribution in [1.29, 1.82) is 0 Å². The molecule has 0 bridgehead atoms. The van der Waals surface area contributed by atoms with Crippen LogP contribution in [0, 0.1) is 5.92 Å². The van der Waals surface area contributed by atoms with E-state index >= 15 is 0 Å². The Kier molecular flexibility index (Phi) is 18.9. The molecular weight excluding hydrogens is 668 g/mol. The average molecular weight is 729 g/mol. The van der Waals surface area contributed by atoms with Gasteiger partial charge in [0.15, 0.2) is 0 Å². The highest BCUT2D eigenvalue weighted by atomic mass is 16.6. The molecule has 0 aromatic heterocycles. The van der Waals surface area contributed by atoms with Crippen molar-refractivity contribution in [3.8, 4) is 22.6 Å². The number of aliphatic hydroxyl groups excluding tert-OH is 2. The van der Waals surface area contributed by atoms with Gasteiger partial charge in [-0.2, -0.15) is 0 Å². The van der Waals surface area contributed by atoms with Crippen LogP contribution in [0.3, 0.4) is 0 Å². The fourth-order valence-corrected chi connectivity index (χ4v) is 6.00. The summed E-state index contributed by atoms with van der Waals surface area (Å²) in [6.45, 7) is 15.1. The van der Waals surface area contributed by atoms with Gasteiger partial charge in [0.25, 0.3) is 0 Å². The first-order chi connectivity index (χ1) is 25.6. The maximum Gasteiger partial charge on any atom is 0.333 e. The normalized spacial score (nSPS) is 11.0. The van der Waals surface area contributed by atoms with Crippen LogP contribution in [0.4, 0.5) is 0 Å². The van der Waals surface area contributed by atoms with E-state index in [9.17, 15) is 19.8 Å². The van der Waals surface area contributed by atoms with E-state index in [1.54, 1.807) is 13.8 Å². The lowest BCUT2D eigenvalue weighted by atomic mass is 9.91. The van der Waals surface area contributed by atoms with Gasteiger partial charge in [-0.1, -0.05) is 82.3 Å². The zero-order chi connectivity index (χ0) is 38.6. The molecule has 288 valence electrons. The molecule has 0 aliphatic rings. The quantitative estimate of drug-likeness (QED) is 0.0509. The SMILES string of the molecule is C=C(C)C(=O)OCCOc1cc(-c2ccc(CCc3ccc(CCCCC)cc3)cc2CC)c(OCCOC(=O)C(=C)C)cc1CCCC(CO)CO. The molecule has 0 unspecified atom stereocenters. The zero-order valence-electron chi connectivity index (χ0n) is 32.3. The number of hydrogen-bond acceptors (Lipinski definition) is 8. The average Bonchev–Trinajstić information content (AvgIpc) is 3.16. The number of esters is 2. The van der Waals surface area contributed by atoms with E-state index in [0.29, 0.717) is 41.9 Å². The number of carbonyl (C=O) groups is 2. The molecule has 2 N–H and O–H groups in total. The van der Waals surface area contributed by atoms with Crippen LogP contribution in [0.15, 0.2) is 78.9 Å². The van der Waals surface area contributed by atoms with Gasteiger partial charge in [0, 0.05) is 35.8 Å². The van der Waals surface area contributed by atoms with Crippen LogP contribution in [0.25, 0.3) is 11.1 Å². The Morgan fingerprint density at radius 1 is 0.623 bits per heavy atom. The standard InChI is InChI=1S/C45H60O8/c1-7-9-10-12-34-15-17-35(18-16-34)19-20-36-21-22-40(38(8-2)27-36)41-29-42(50-23-25-52-44(48)32(3)4)39(14-11-13-37(30-46)31-47)28-43(41)51-24-26-53-45(49)33(5)6/h15-18,21-22,27-29,37,46-47H,3,5,7-14,19-20,23-26,30-31H2,1-2,4,6H3. The maximum absolute atomic E-state index is 12.0. The van der Waals surface area contributed by atoms with Crippen LogP contribution in [0.2, 0.25) is 0 Å². The number of aliphatic hydroxyl groups is 2. The predicted molar refractivity (Wildman–Crippen MR) is 211 cm³/mol. The first-order valence-corrected chi connectivity index (χ1v) is 19.1. The van der Waals surface area contributed by atoms with Crippen LogP contribution in [0.5, 0.6) is 11.5 Å². The molecule has 0 radical (unpaired) electrons. The number of unbranched alkanes of at least 4 members (excludes halogenated alkanes) is 2. The molecule has 0 atom stereocenters. The molecule has 0 aliphatic carbocycles. The molecule has 0 amide bonds. The molecule has 3 aromatic carbocycles. The second-order valence-corrected chi connectivity index (χ2v) is 13.7. The summed E-state index contributed by atoms with van der Waals surface area (Å²) in [5.74, 6) is 0.0898. The third kappa shape index (κ3) is 14.5. The van der Waals surface area contributed by atoms with E-state index in [0.717, 1.165) is 47.9 Å². The van der Waals surface area contributed by atoms with Crippen LogP contribution < -0.4 is 9.47 Å². The van der Waals surface area contributed by atoms with Crippen LogP contribution in [0.1, 0.15) is 87.6 Å². The minimum atomic E-state index is -0.475. The fraction of sp³-hybridized carbons (Fsp3) is 0.467. The summed E-state index contributed by atoms with van der Waals surface area (Å²) < 4.78 is 23.2.